The van der Waals surface area contributed by atoms with E-state index in [1.807, 2.05) is 13.8 Å². The van der Waals surface area contributed by atoms with Gasteiger partial charge in [-0.1, -0.05) is 6.42 Å². The Labute approximate surface area is 585 Å². The Hall–Kier alpha value is -1.62. The zero-order valence-corrected chi connectivity index (χ0v) is 66.0. The molecule has 0 aliphatic carbocycles. The highest BCUT2D eigenvalue weighted by atomic mass is 16.5. The summed E-state index contributed by atoms with van der Waals surface area (Å²) in [5, 5.41) is 8.36. The third-order valence-electron chi connectivity index (χ3n) is 22.9. The number of likely N-dealkylation sites (tertiary alicyclic amines) is 7. The van der Waals surface area contributed by atoms with Crippen molar-refractivity contribution in [3.8, 4) is 6.07 Å². The summed E-state index contributed by atoms with van der Waals surface area (Å²) in [7, 11) is 0. The summed E-state index contributed by atoms with van der Waals surface area (Å²) < 4.78 is 32.3. The van der Waals surface area contributed by atoms with Gasteiger partial charge in [0.2, 0.25) is 5.54 Å². The standard InChI is InChI=1S/C10H18N2.C10H19NO.2C9H17NO.C9H19NO.C8H14N2.C8H15NO.C8H17N.C7H15NO/c1-8(2)12-6-9(7-12)10(3,4)11-5;1-9(2)11-5-3-10(4-6-11)7-12-8-10;1-8(2,3)10-5-4-9(10)6-11-7-9;1-8(2)10-6-9(7-10)4-3-5-11-9;1-7(2)10-5-8(3)11-9(4)6-10;1-7(2)10-5-8(6-10)3-4-9;1-7(2)9-3-8(4-9)5-10-6-8;1-8(2)9-6-4-3-5-7-9;1-7(2)8-3-5-9-6-4-8/h8-9H,6-7H2,1-4H3;9H,3-8H2,1-2H3;4-7H2,1-3H3;8H,3-7H2,1-2H3;7-9H,5-6H2,1-4H3;7-8H,3,5-6H2,1-2H3;7H,3-6H2,1-2H3;8H,3-7H2,1-2H3;7H,3-6H2,1-2H3. The molecule has 95 heavy (non-hydrogen) atoms. The van der Waals surface area contributed by atoms with E-state index in [4.69, 9.17) is 40.3 Å². The van der Waals surface area contributed by atoms with E-state index >= 15 is 0 Å². The van der Waals surface area contributed by atoms with Crippen molar-refractivity contribution in [3.63, 3.8) is 0 Å². The maximum absolute atomic E-state index is 8.36. The van der Waals surface area contributed by atoms with Crippen LogP contribution in [0.2, 0.25) is 0 Å². The van der Waals surface area contributed by atoms with Gasteiger partial charge in [0.05, 0.1) is 88.2 Å². The van der Waals surface area contributed by atoms with E-state index < -0.39 is 0 Å². The largest absolute Gasteiger partial charge is 0.380 e. The van der Waals surface area contributed by atoms with Gasteiger partial charge in [-0.2, -0.15) is 5.26 Å². The van der Waals surface area contributed by atoms with E-state index in [2.05, 4.69) is 200 Å². The maximum Gasteiger partial charge on any atom is 0.232 e. The molecule has 13 fully saturated rings. The average Bonchev–Trinajstić information content (AvgIpc) is 1.45. The molecule has 0 aromatic carbocycles. The van der Waals surface area contributed by atoms with Gasteiger partial charge in [0.15, 0.2) is 0 Å². The van der Waals surface area contributed by atoms with Crippen LogP contribution in [0.1, 0.15) is 217 Å². The second-order valence-electron chi connectivity index (χ2n) is 35.1. The third kappa shape index (κ3) is 26.3. The lowest BCUT2D eigenvalue weighted by Crippen LogP contribution is -2.74. The molecule has 13 heterocycles. The van der Waals surface area contributed by atoms with Gasteiger partial charge in [0.25, 0.3) is 0 Å². The second kappa shape index (κ2) is 39.1. The first-order valence-electron chi connectivity index (χ1n) is 38.7. The van der Waals surface area contributed by atoms with Gasteiger partial charge < -0.3 is 48.0 Å². The van der Waals surface area contributed by atoms with Crippen molar-refractivity contribution in [3.05, 3.63) is 11.4 Å². The van der Waals surface area contributed by atoms with Crippen LogP contribution in [0.15, 0.2) is 0 Å². The SMILES string of the molecule is CC(C)(C)N1CCC12COC2.CC(C)N1CC(CC#N)C1.CC(C)N1CC2(CCCO2)C1.CC(C)N1CC2(COC2)C1.CC(C)N1CCC2(CC1)COC2.CC(C)N1CCCCC1.CC(C)N1CCOCC1.CC1CN(C(C)C)CC(C)O1.[C-]#[N+]C(C)(C)C1CN(C(C)C)C1. The highest BCUT2D eigenvalue weighted by Gasteiger charge is 2.54. The van der Waals surface area contributed by atoms with E-state index in [0.717, 1.165) is 136 Å². The van der Waals surface area contributed by atoms with Crippen molar-refractivity contribution in [1.29, 1.82) is 5.26 Å². The molecular weight excluding hydrogens is 1190 g/mol. The van der Waals surface area contributed by atoms with Crippen molar-refractivity contribution in [2.75, 3.05) is 171 Å². The predicted molar refractivity (Wildman–Crippen MR) is 395 cm³/mol. The summed E-state index contributed by atoms with van der Waals surface area (Å²) in [5.74, 6) is 1.24. The summed E-state index contributed by atoms with van der Waals surface area (Å²) in [5.41, 5.74) is 2.14. The normalized spacial score (nSPS) is 26.9. The quantitative estimate of drug-likeness (QED) is 0.193. The molecule has 13 aliphatic heterocycles. The fraction of sp³-hybridized carbons (Fsp3) is 0.974. The first-order chi connectivity index (χ1) is 44.6. The van der Waals surface area contributed by atoms with Crippen molar-refractivity contribution in [1.82, 2.24) is 44.1 Å². The van der Waals surface area contributed by atoms with Gasteiger partial charge in [-0.3, -0.25) is 29.4 Å². The number of hydrogen-bond donors (Lipinski definition) is 0. The molecule has 0 saturated carbocycles. The predicted octanol–water partition coefficient (Wildman–Crippen LogP) is 12.1. The van der Waals surface area contributed by atoms with Gasteiger partial charge in [-0.05, 0) is 222 Å². The monoisotopic (exact) mass is 1340 g/mol. The summed E-state index contributed by atoms with van der Waals surface area (Å²) in [6, 6.07) is 7.77. The van der Waals surface area contributed by atoms with Crippen LogP contribution >= 0.6 is 0 Å². The van der Waals surface area contributed by atoms with E-state index in [0.29, 0.717) is 81.8 Å². The third-order valence-corrected chi connectivity index (χ3v) is 22.9. The highest BCUT2D eigenvalue weighted by molar-refractivity contribution is 5.09. The van der Waals surface area contributed by atoms with Gasteiger partial charge in [-0.25, -0.2) is 6.57 Å². The van der Waals surface area contributed by atoms with Crippen LogP contribution in [0, 0.1) is 40.6 Å². The van der Waals surface area contributed by atoms with Crippen LogP contribution in [0.3, 0.4) is 0 Å². The summed E-state index contributed by atoms with van der Waals surface area (Å²) in [4.78, 5) is 26.1. The lowest BCUT2D eigenvalue weighted by molar-refractivity contribution is -0.219. The number of hydrogen-bond acceptors (Lipinski definition) is 16. The molecule has 13 rings (SSSR count). The van der Waals surface area contributed by atoms with Crippen LogP contribution in [0.5, 0.6) is 0 Å². The fourth-order valence-corrected chi connectivity index (χ4v) is 15.2. The maximum atomic E-state index is 8.36. The zero-order valence-electron chi connectivity index (χ0n) is 66.0. The molecule has 2 atom stereocenters. The number of nitrogens with zero attached hydrogens (tertiary/aromatic N) is 11. The zero-order chi connectivity index (χ0) is 70.5. The van der Waals surface area contributed by atoms with Crippen molar-refractivity contribution in [2.45, 2.75) is 300 Å². The molecule has 0 aromatic heterocycles. The molecule has 2 unspecified atom stereocenters. The minimum Gasteiger partial charge on any atom is -0.380 e. The molecule has 0 N–H and O–H groups in total. The van der Waals surface area contributed by atoms with Crippen molar-refractivity contribution < 1.29 is 28.4 Å². The Morgan fingerprint density at radius 3 is 1.19 bits per heavy atom. The van der Waals surface area contributed by atoms with Gasteiger partial charge in [-0.15, -0.1) is 0 Å². The molecule has 4 spiro atoms. The number of rotatable bonds is 10. The van der Waals surface area contributed by atoms with Gasteiger partial charge in [0.1, 0.15) is 0 Å². The Morgan fingerprint density at radius 1 is 0.442 bits per heavy atom. The molecule has 554 valence electrons. The van der Waals surface area contributed by atoms with E-state index in [1.54, 1.807) is 0 Å². The Balaban J connectivity index is 0.000000194. The fourth-order valence-electron chi connectivity index (χ4n) is 15.2. The van der Waals surface area contributed by atoms with E-state index in [-0.39, 0.29) is 5.54 Å². The van der Waals surface area contributed by atoms with Crippen LogP contribution in [0.4, 0.5) is 0 Å². The van der Waals surface area contributed by atoms with Crippen LogP contribution in [-0.2, 0) is 28.4 Å². The number of morpholine rings is 2. The molecule has 17 nitrogen and oxygen atoms in total. The Morgan fingerprint density at radius 2 is 0.863 bits per heavy atom. The molecule has 17 heteroatoms. The van der Waals surface area contributed by atoms with Gasteiger partial charge >= 0.3 is 0 Å². The Bertz CT molecular complexity index is 2120. The van der Waals surface area contributed by atoms with E-state index in [1.165, 1.54) is 110 Å². The molecule has 13 aliphatic rings. The molecule has 13 saturated heterocycles. The number of ether oxygens (including phenoxy) is 6. The number of nitriles is 1. The minimum atomic E-state index is -0.147. The summed E-state index contributed by atoms with van der Waals surface area (Å²) in [6.45, 7) is 87.2. The highest BCUT2D eigenvalue weighted by Crippen LogP contribution is 2.43. The van der Waals surface area contributed by atoms with Crippen molar-refractivity contribution in [2.24, 2.45) is 22.7 Å². The molecule has 0 bridgehead atoms. The molecule has 0 aromatic rings. The molecule has 0 amide bonds. The topological polar surface area (TPSA) is 113 Å². The second-order valence-corrected chi connectivity index (χ2v) is 35.1. The molecule has 0 radical (unpaired) electrons. The van der Waals surface area contributed by atoms with Crippen molar-refractivity contribution >= 4 is 0 Å². The first kappa shape index (κ1) is 84.0. The number of piperidine rings is 2. The molecular formula is C78H151N11O6. The summed E-state index contributed by atoms with van der Waals surface area (Å²) in [6.07, 6.45) is 12.4. The summed E-state index contributed by atoms with van der Waals surface area (Å²) >= 11 is 0. The first-order valence-corrected chi connectivity index (χ1v) is 38.7. The lowest BCUT2D eigenvalue weighted by atomic mass is 9.76. The van der Waals surface area contributed by atoms with E-state index in [9.17, 15) is 0 Å². The van der Waals surface area contributed by atoms with Gasteiger partial charge in [0, 0.05) is 177 Å². The van der Waals surface area contributed by atoms with Crippen LogP contribution in [0.25, 0.3) is 4.85 Å². The van der Waals surface area contributed by atoms with Crippen LogP contribution in [-0.4, -0.2) is 298 Å². The average molecular weight is 1340 g/mol. The smallest absolute Gasteiger partial charge is 0.232 e. The van der Waals surface area contributed by atoms with Crippen LogP contribution < -0.4 is 0 Å². The Kier molecular flexibility index (Phi) is 34.6. The lowest BCUT2D eigenvalue weighted by Gasteiger charge is -2.62. The minimum absolute atomic E-state index is 0.147.